The van der Waals surface area contributed by atoms with Crippen molar-refractivity contribution in [1.82, 2.24) is 4.90 Å². The number of non-ortho nitro benzene ring substituents is 1. The van der Waals surface area contributed by atoms with Crippen molar-refractivity contribution < 1.29 is 14.1 Å². The van der Waals surface area contributed by atoms with E-state index >= 15 is 0 Å². The normalized spacial score (nSPS) is 17.4. The van der Waals surface area contributed by atoms with Crippen molar-refractivity contribution in [3.63, 3.8) is 0 Å². The first-order chi connectivity index (χ1) is 12.0. The van der Waals surface area contributed by atoms with E-state index in [1.165, 1.54) is 24.3 Å². The minimum absolute atomic E-state index is 0.0464. The van der Waals surface area contributed by atoms with Gasteiger partial charge >= 0.3 is 0 Å². The highest BCUT2D eigenvalue weighted by Crippen LogP contribution is 2.23. The van der Waals surface area contributed by atoms with Crippen LogP contribution in [0.4, 0.5) is 15.8 Å². The highest BCUT2D eigenvalue weighted by molar-refractivity contribution is 5.94. The summed E-state index contributed by atoms with van der Waals surface area (Å²) in [6, 6.07) is 12.2. The fraction of sp³-hybridized carbons (Fsp3) is 0.278. The Morgan fingerprint density at radius 3 is 2.44 bits per heavy atom. The van der Waals surface area contributed by atoms with Gasteiger partial charge in [0.15, 0.2) is 0 Å². The summed E-state index contributed by atoms with van der Waals surface area (Å²) in [5.41, 5.74) is 0.999. The third-order valence-corrected chi connectivity index (χ3v) is 4.42. The first-order valence-corrected chi connectivity index (χ1v) is 8.02. The van der Waals surface area contributed by atoms with Gasteiger partial charge in [-0.3, -0.25) is 14.9 Å². The molecule has 2 aromatic carbocycles. The second-order valence-electron chi connectivity index (χ2n) is 6.05. The Balaban J connectivity index is 1.71. The van der Waals surface area contributed by atoms with Crippen LogP contribution in [0.15, 0.2) is 48.5 Å². The van der Waals surface area contributed by atoms with Gasteiger partial charge in [-0.1, -0.05) is 12.1 Å². The second kappa shape index (κ2) is 6.88. The van der Waals surface area contributed by atoms with Crippen molar-refractivity contribution in [2.24, 2.45) is 0 Å². The van der Waals surface area contributed by atoms with Crippen LogP contribution in [-0.4, -0.2) is 41.4 Å². The molecule has 0 aliphatic carbocycles. The van der Waals surface area contributed by atoms with Crippen LogP contribution in [-0.2, 0) is 0 Å². The molecule has 0 spiro atoms. The Morgan fingerprint density at radius 1 is 1.16 bits per heavy atom. The summed E-state index contributed by atoms with van der Waals surface area (Å²) in [5.74, 6) is -0.827. The average molecular weight is 343 g/mol. The molecular weight excluding hydrogens is 325 g/mol. The summed E-state index contributed by atoms with van der Waals surface area (Å²) in [6.45, 7) is 3.54. The summed E-state index contributed by atoms with van der Waals surface area (Å²) in [5, 5.41) is 10.7. The van der Waals surface area contributed by atoms with Gasteiger partial charge < -0.3 is 9.80 Å². The molecule has 0 unspecified atom stereocenters. The van der Waals surface area contributed by atoms with E-state index in [4.69, 9.17) is 0 Å². The molecule has 25 heavy (non-hydrogen) atoms. The summed E-state index contributed by atoms with van der Waals surface area (Å²) >= 11 is 0. The van der Waals surface area contributed by atoms with Gasteiger partial charge in [-0.25, -0.2) is 4.39 Å². The highest BCUT2D eigenvalue weighted by Gasteiger charge is 2.29. The van der Waals surface area contributed by atoms with Crippen LogP contribution in [0.2, 0.25) is 0 Å². The Labute approximate surface area is 144 Å². The van der Waals surface area contributed by atoms with Gasteiger partial charge in [-0.15, -0.1) is 0 Å². The van der Waals surface area contributed by atoms with Crippen LogP contribution in [0.5, 0.6) is 0 Å². The van der Waals surface area contributed by atoms with E-state index in [-0.39, 0.29) is 23.2 Å². The van der Waals surface area contributed by atoms with E-state index in [1.807, 2.05) is 6.92 Å². The molecule has 0 aromatic heterocycles. The maximum Gasteiger partial charge on any atom is 0.269 e. The summed E-state index contributed by atoms with van der Waals surface area (Å²) < 4.78 is 13.9. The number of nitrogens with zero attached hydrogens (tertiary/aromatic N) is 3. The monoisotopic (exact) mass is 343 g/mol. The van der Waals surface area contributed by atoms with Crippen LogP contribution in [0.1, 0.15) is 17.3 Å². The molecule has 0 saturated carbocycles. The number of nitro benzene ring substituents is 1. The Bertz CT molecular complexity index is 794. The molecule has 3 rings (SSSR count). The number of carbonyl (C=O) groups excluding carboxylic acids is 1. The topological polar surface area (TPSA) is 66.7 Å². The standard InChI is InChI=1S/C18H18FN3O3/c1-13-12-20(14-6-8-15(9-7-14)22(24)25)10-11-21(13)18(23)16-4-2-3-5-17(16)19/h2-9,13H,10-12H2,1H3/t13-/m0/s1. The molecule has 1 atom stereocenters. The zero-order valence-corrected chi connectivity index (χ0v) is 13.8. The summed E-state index contributed by atoms with van der Waals surface area (Å²) in [6.07, 6.45) is 0. The van der Waals surface area contributed by atoms with Crippen molar-refractivity contribution in [1.29, 1.82) is 0 Å². The number of hydrogen-bond acceptors (Lipinski definition) is 4. The molecule has 0 N–H and O–H groups in total. The van der Waals surface area contributed by atoms with Crippen molar-refractivity contribution in [2.75, 3.05) is 24.5 Å². The maximum absolute atomic E-state index is 13.9. The molecule has 1 fully saturated rings. The molecule has 1 heterocycles. The predicted octanol–water partition coefficient (Wildman–Crippen LogP) is 3.08. The lowest BCUT2D eigenvalue weighted by Crippen LogP contribution is -2.54. The third-order valence-electron chi connectivity index (χ3n) is 4.42. The molecule has 130 valence electrons. The third kappa shape index (κ3) is 3.45. The molecule has 7 heteroatoms. The Morgan fingerprint density at radius 2 is 1.84 bits per heavy atom. The zero-order valence-electron chi connectivity index (χ0n) is 13.8. The van der Waals surface area contributed by atoms with E-state index in [2.05, 4.69) is 4.90 Å². The van der Waals surface area contributed by atoms with E-state index in [0.29, 0.717) is 19.6 Å². The van der Waals surface area contributed by atoms with Crippen molar-refractivity contribution in [3.8, 4) is 0 Å². The molecule has 0 radical (unpaired) electrons. The fourth-order valence-corrected chi connectivity index (χ4v) is 3.07. The van der Waals surface area contributed by atoms with Gasteiger partial charge in [0, 0.05) is 43.5 Å². The van der Waals surface area contributed by atoms with E-state index in [0.717, 1.165) is 5.69 Å². The van der Waals surface area contributed by atoms with Gasteiger partial charge in [0.05, 0.1) is 10.5 Å². The Hall–Kier alpha value is -2.96. The van der Waals surface area contributed by atoms with Gasteiger partial charge in [-0.05, 0) is 31.2 Å². The van der Waals surface area contributed by atoms with Crippen molar-refractivity contribution >= 4 is 17.3 Å². The number of halogens is 1. The van der Waals surface area contributed by atoms with Gasteiger partial charge in [0.2, 0.25) is 0 Å². The predicted molar refractivity (Wildman–Crippen MR) is 92.2 cm³/mol. The quantitative estimate of drug-likeness (QED) is 0.634. The summed E-state index contributed by atoms with van der Waals surface area (Å²) in [4.78, 5) is 26.6. The number of amides is 1. The lowest BCUT2D eigenvalue weighted by molar-refractivity contribution is -0.384. The average Bonchev–Trinajstić information content (AvgIpc) is 2.61. The van der Waals surface area contributed by atoms with Crippen LogP contribution in [0.3, 0.4) is 0 Å². The minimum atomic E-state index is -0.516. The van der Waals surface area contributed by atoms with Gasteiger partial charge in [-0.2, -0.15) is 0 Å². The van der Waals surface area contributed by atoms with Crippen LogP contribution in [0.25, 0.3) is 0 Å². The van der Waals surface area contributed by atoms with Crippen molar-refractivity contribution in [3.05, 3.63) is 70.0 Å². The number of carbonyl (C=O) groups is 1. The maximum atomic E-state index is 13.9. The first-order valence-electron chi connectivity index (χ1n) is 8.02. The Kier molecular flexibility index (Phi) is 4.65. The molecule has 1 aliphatic heterocycles. The van der Waals surface area contributed by atoms with Gasteiger partial charge in [0.1, 0.15) is 5.82 Å². The largest absolute Gasteiger partial charge is 0.368 e. The number of anilines is 1. The number of hydrogen-bond donors (Lipinski definition) is 0. The minimum Gasteiger partial charge on any atom is -0.368 e. The van der Waals surface area contributed by atoms with Crippen LogP contribution >= 0.6 is 0 Å². The molecular formula is C18H18FN3O3. The van der Waals surface area contributed by atoms with E-state index in [9.17, 15) is 19.3 Å². The smallest absolute Gasteiger partial charge is 0.269 e. The number of nitro groups is 1. The second-order valence-corrected chi connectivity index (χ2v) is 6.05. The highest BCUT2D eigenvalue weighted by atomic mass is 19.1. The molecule has 6 nitrogen and oxygen atoms in total. The van der Waals surface area contributed by atoms with Gasteiger partial charge in [0.25, 0.3) is 11.6 Å². The number of rotatable bonds is 3. The SMILES string of the molecule is C[C@H]1CN(c2ccc([N+](=O)[O-])cc2)CCN1C(=O)c1ccccc1F. The van der Waals surface area contributed by atoms with Crippen molar-refractivity contribution in [2.45, 2.75) is 13.0 Å². The van der Waals surface area contributed by atoms with Crippen LogP contribution in [0, 0.1) is 15.9 Å². The molecule has 1 saturated heterocycles. The fourth-order valence-electron chi connectivity index (χ4n) is 3.07. The zero-order chi connectivity index (χ0) is 18.0. The lowest BCUT2D eigenvalue weighted by Gasteiger charge is -2.41. The lowest BCUT2D eigenvalue weighted by atomic mass is 10.1. The number of piperazine rings is 1. The van der Waals surface area contributed by atoms with E-state index < -0.39 is 10.7 Å². The first kappa shape index (κ1) is 16.9. The van der Waals surface area contributed by atoms with Crippen LogP contribution < -0.4 is 4.90 Å². The molecule has 0 bridgehead atoms. The number of benzene rings is 2. The van der Waals surface area contributed by atoms with E-state index in [1.54, 1.807) is 29.2 Å². The summed E-state index contributed by atoms with van der Waals surface area (Å²) in [7, 11) is 0. The molecule has 2 aromatic rings. The molecule has 1 aliphatic rings. The molecule has 1 amide bonds.